The Morgan fingerprint density at radius 3 is 2.33 bits per heavy atom. The van der Waals surface area contributed by atoms with Crippen molar-refractivity contribution in [3.8, 4) is 0 Å². The van der Waals surface area contributed by atoms with Crippen molar-refractivity contribution in [1.82, 2.24) is 0 Å². The van der Waals surface area contributed by atoms with E-state index in [1.807, 2.05) is 13.8 Å². The molecule has 0 saturated heterocycles. The molecule has 1 aliphatic carbocycles. The zero-order valence-corrected chi connectivity index (χ0v) is 10.6. The molecule has 2 atom stereocenters. The number of Topliss-reactive ketones (excluding diaryl/α,β-unsaturated/α-hetero) is 1. The molecule has 1 aliphatic rings. The van der Waals surface area contributed by atoms with Crippen LogP contribution in [0.5, 0.6) is 0 Å². The minimum absolute atomic E-state index is 0.0977. The minimum atomic E-state index is -0.525. The van der Waals surface area contributed by atoms with E-state index in [0.29, 0.717) is 6.42 Å². The zero-order valence-electron chi connectivity index (χ0n) is 8.98. The van der Waals surface area contributed by atoms with E-state index in [1.165, 1.54) is 0 Å². The lowest BCUT2D eigenvalue weighted by atomic mass is 9.60. The van der Waals surface area contributed by atoms with Gasteiger partial charge in [0.1, 0.15) is 5.78 Å². The van der Waals surface area contributed by atoms with Crippen LogP contribution in [0.2, 0.25) is 0 Å². The third-order valence-electron chi connectivity index (χ3n) is 3.38. The zero-order chi connectivity index (χ0) is 11.6. The van der Waals surface area contributed by atoms with Crippen molar-refractivity contribution in [3.05, 3.63) is 10.1 Å². The summed E-state index contributed by atoms with van der Waals surface area (Å²) < 4.78 is 0. The number of rotatable bonds is 5. The molecule has 0 aromatic heterocycles. The van der Waals surface area contributed by atoms with Crippen LogP contribution in [0.4, 0.5) is 0 Å². The van der Waals surface area contributed by atoms with Crippen LogP contribution in [0.15, 0.2) is 0 Å². The van der Waals surface area contributed by atoms with Gasteiger partial charge in [0.2, 0.25) is 6.04 Å². The molecule has 0 amide bonds. The molecular formula is C10H16BrNO3. The number of carbonyl (C=O) groups excluding carboxylic acids is 1. The molecule has 0 aromatic rings. The number of halogens is 1. The Morgan fingerprint density at radius 2 is 1.93 bits per heavy atom. The van der Waals surface area contributed by atoms with E-state index in [9.17, 15) is 14.9 Å². The molecule has 0 aliphatic heterocycles. The Hall–Kier alpha value is -0.450. The normalized spacial score (nSPS) is 34.6. The fraction of sp³-hybridized carbons (Fsp3) is 0.900. The quantitative estimate of drug-likeness (QED) is 0.440. The van der Waals surface area contributed by atoms with Gasteiger partial charge in [-0.25, -0.2) is 0 Å². The van der Waals surface area contributed by atoms with Crippen molar-refractivity contribution >= 4 is 21.7 Å². The monoisotopic (exact) mass is 277 g/mol. The van der Waals surface area contributed by atoms with Crippen molar-refractivity contribution in [2.75, 3.05) is 5.33 Å². The van der Waals surface area contributed by atoms with Gasteiger partial charge in [-0.2, -0.15) is 0 Å². The molecule has 2 unspecified atom stereocenters. The number of ketones is 1. The summed E-state index contributed by atoms with van der Waals surface area (Å²) in [5.41, 5.74) is 0. The highest BCUT2D eigenvalue weighted by Crippen LogP contribution is 2.43. The van der Waals surface area contributed by atoms with Gasteiger partial charge in [0.25, 0.3) is 0 Å². The van der Waals surface area contributed by atoms with E-state index >= 15 is 0 Å². The standard InChI is InChI=1S/C10H16BrNO3/c1-6-9(8(13)4-3-5-11)7(2)10(6)12(14)15/h6-7,9-10H,3-5H2,1-2H3. The largest absolute Gasteiger partial charge is 0.299 e. The first-order valence-corrected chi connectivity index (χ1v) is 6.35. The summed E-state index contributed by atoms with van der Waals surface area (Å²) in [5.74, 6) is -0.109. The topological polar surface area (TPSA) is 60.2 Å². The second-order valence-electron chi connectivity index (χ2n) is 4.28. The van der Waals surface area contributed by atoms with Crippen LogP contribution < -0.4 is 0 Å². The van der Waals surface area contributed by atoms with Crippen molar-refractivity contribution < 1.29 is 9.72 Å². The maximum Gasteiger partial charge on any atom is 0.219 e. The minimum Gasteiger partial charge on any atom is -0.299 e. The molecule has 86 valence electrons. The smallest absolute Gasteiger partial charge is 0.219 e. The van der Waals surface area contributed by atoms with Crippen LogP contribution in [-0.4, -0.2) is 22.1 Å². The van der Waals surface area contributed by atoms with Crippen LogP contribution >= 0.6 is 15.9 Å². The van der Waals surface area contributed by atoms with Gasteiger partial charge in [0.15, 0.2) is 0 Å². The van der Waals surface area contributed by atoms with Crippen molar-refractivity contribution in [2.45, 2.75) is 32.7 Å². The molecule has 0 bridgehead atoms. The molecule has 5 heteroatoms. The SMILES string of the molecule is CC1C(C(=O)CCCBr)C(C)C1[N+](=O)[O-]. The summed E-state index contributed by atoms with van der Waals surface area (Å²) in [6.07, 6.45) is 1.35. The highest BCUT2D eigenvalue weighted by molar-refractivity contribution is 9.09. The molecule has 0 aromatic carbocycles. The Bertz CT molecular complexity index is 259. The fourth-order valence-electron chi connectivity index (χ4n) is 2.62. The van der Waals surface area contributed by atoms with Crippen LogP contribution in [0.25, 0.3) is 0 Å². The van der Waals surface area contributed by atoms with Gasteiger partial charge in [-0.05, 0) is 6.42 Å². The van der Waals surface area contributed by atoms with Crippen molar-refractivity contribution in [2.24, 2.45) is 17.8 Å². The number of nitrogens with zero attached hydrogens (tertiary/aromatic N) is 1. The number of carbonyl (C=O) groups is 1. The fourth-order valence-corrected chi connectivity index (χ4v) is 2.90. The number of hydrogen-bond acceptors (Lipinski definition) is 3. The van der Waals surface area contributed by atoms with E-state index in [1.54, 1.807) is 0 Å². The van der Waals surface area contributed by atoms with Gasteiger partial charge in [-0.15, -0.1) is 0 Å². The Kier molecular flexibility index (Phi) is 4.25. The molecule has 4 nitrogen and oxygen atoms in total. The van der Waals surface area contributed by atoms with Gasteiger partial charge < -0.3 is 0 Å². The molecule has 0 heterocycles. The molecule has 15 heavy (non-hydrogen) atoms. The summed E-state index contributed by atoms with van der Waals surface area (Å²) in [6, 6.07) is -0.525. The molecule has 0 spiro atoms. The highest BCUT2D eigenvalue weighted by atomic mass is 79.9. The molecule has 1 rings (SSSR count). The van der Waals surface area contributed by atoms with Gasteiger partial charge in [0, 0.05) is 34.4 Å². The third kappa shape index (κ3) is 2.38. The Balaban J connectivity index is 2.53. The second kappa shape index (κ2) is 5.05. The first-order valence-electron chi connectivity index (χ1n) is 5.22. The first-order chi connectivity index (χ1) is 7.00. The maximum atomic E-state index is 11.7. The first kappa shape index (κ1) is 12.6. The number of alkyl halides is 1. The van der Waals surface area contributed by atoms with Crippen molar-refractivity contribution in [1.29, 1.82) is 0 Å². The average molecular weight is 278 g/mol. The van der Waals surface area contributed by atoms with Crippen LogP contribution in [-0.2, 0) is 4.79 Å². The lowest BCUT2D eigenvalue weighted by Crippen LogP contribution is -2.55. The van der Waals surface area contributed by atoms with Crippen LogP contribution in [0.3, 0.4) is 0 Å². The van der Waals surface area contributed by atoms with E-state index in [0.717, 1.165) is 11.8 Å². The molecule has 1 saturated carbocycles. The molecule has 1 fully saturated rings. The Labute approximate surface area is 97.7 Å². The van der Waals surface area contributed by atoms with Crippen molar-refractivity contribution in [3.63, 3.8) is 0 Å². The molecule has 0 N–H and O–H groups in total. The summed E-state index contributed by atoms with van der Waals surface area (Å²) in [5, 5.41) is 11.5. The summed E-state index contributed by atoms with van der Waals surface area (Å²) in [4.78, 5) is 22.2. The molecule has 0 radical (unpaired) electrons. The second-order valence-corrected chi connectivity index (χ2v) is 5.07. The van der Waals surface area contributed by atoms with Gasteiger partial charge in [0.05, 0.1) is 0 Å². The number of hydrogen-bond donors (Lipinski definition) is 0. The van der Waals surface area contributed by atoms with E-state index in [-0.39, 0.29) is 28.5 Å². The number of nitro groups is 1. The highest BCUT2D eigenvalue weighted by Gasteiger charge is 2.55. The van der Waals surface area contributed by atoms with Gasteiger partial charge >= 0.3 is 0 Å². The van der Waals surface area contributed by atoms with E-state index < -0.39 is 6.04 Å². The van der Waals surface area contributed by atoms with Gasteiger partial charge in [-0.3, -0.25) is 14.9 Å². The van der Waals surface area contributed by atoms with E-state index in [4.69, 9.17) is 0 Å². The lowest BCUT2D eigenvalue weighted by Gasteiger charge is -2.41. The van der Waals surface area contributed by atoms with Crippen LogP contribution in [0, 0.1) is 27.9 Å². The Morgan fingerprint density at radius 1 is 1.40 bits per heavy atom. The predicted octanol–water partition coefficient (Wildman–Crippen LogP) is 2.28. The average Bonchev–Trinajstić information content (AvgIpc) is 2.14. The van der Waals surface area contributed by atoms with Crippen LogP contribution in [0.1, 0.15) is 26.7 Å². The summed E-state index contributed by atoms with van der Waals surface area (Å²) in [7, 11) is 0. The predicted molar refractivity (Wildman–Crippen MR) is 60.6 cm³/mol. The molecular weight excluding hydrogens is 262 g/mol. The summed E-state index contributed by atoms with van der Waals surface area (Å²) >= 11 is 3.27. The lowest BCUT2D eigenvalue weighted by molar-refractivity contribution is -0.562. The van der Waals surface area contributed by atoms with Gasteiger partial charge in [-0.1, -0.05) is 29.8 Å². The van der Waals surface area contributed by atoms with E-state index in [2.05, 4.69) is 15.9 Å². The summed E-state index contributed by atoms with van der Waals surface area (Å²) in [6.45, 7) is 3.62. The maximum absolute atomic E-state index is 11.7. The third-order valence-corrected chi connectivity index (χ3v) is 3.94.